The number of rotatable bonds is 9. The van der Waals surface area contributed by atoms with Crippen LogP contribution >= 0.6 is 0 Å². The van der Waals surface area contributed by atoms with E-state index in [-0.39, 0.29) is 12.5 Å². The van der Waals surface area contributed by atoms with E-state index in [1.54, 1.807) is 0 Å². The normalized spacial score (nSPS) is 16.6. The molecule has 0 aliphatic heterocycles. The van der Waals surface area contributed by atoms with Crippen LogP contribution in [0.5, 0.6) is 5.75 Å². The van der Waals surface area contributed by atoms with Crippen LogP contribution in [0.1, 0.15) is 43.3 Å². The van der Waals surface area contributed by atoms with Gasteiger partial charge in [-0.1, -0.05) is 5.16 Å². The molecule has 2 fully saturated rings. The molecule has 0 atom stereocenters. The Morgan fingerprint density at radius 3 is 2.72 bits per heavy atom. The van der Waals surface area contributed by atoms with E-state index in [9.17, 15) is 4.79 Å². The van der Waals surface area contributed by atoms with Crippen molar-refractivity contribution in [3.05, 3.63) is 36.0 Å². The van der Waals surface area contributed by atoms with Gasteiger partial charge in [0, 0.05) is 11.6 Å². The van der Waals surface area contributed by atoms with E-state index in [0.29, 0.717) is 29.9 Å². The highest BCUT2D eigenvalue weighted by atomic mass is 16.5. The maximum absolute atomic E-state index is 11.8. The van der Waals surface area contributed by atoms with Crippen molar-refractivity contribution in [2.24, 2.45) is 5.92 Å². The number of amides is 1. The second-order valence-electron chi connectivity index (χ2n) is 6.76. The third-order valence-electron chi connectivity index (χ3n) is 4.33. The van der Waals surface area contributed by atoms with Crippen molar-refractivity contribution in [3.8, 4) is 5.75 Å². The van der Waals surface area contributed by atoms with Crippen molar-refractivity contribution in [2.45, 2.75) is 38.2 Å². The van der Waals surface area contributed by atoms with Crippen LogP contribution in [0.4, 0.5) is 5.69 Å². The first-order valence-corrected chi connectivity index (χ1v) is 8.82. The monoisotopic (exact) mass is 342 g/mol. The Morgan fingerprint density at radius 1 is 1.20 bits per heavy atom. The molecular weight excluding hydrogens is 320 g/mol. The van der Waals surface area contributed by atoms with Gasteiger partial charge in [-0.2, -0.15) is 4.98 Å². The lowest BCUT2D eigenvalue weighted by Gasteiger charge is -2.08. The van der Waals surface area contributed by atoms with Crippen LogP contribution in [0.2, 0.25) is 0 Å². The van der Waals surface area contributed by atoms with E-state index in [0.717, 1.165) is 31.0 Å². The molecule has 0 spiro atoms. The highest BCUT2D eigenvalue weighted by Crippen LogP contribution is 2.38. The van der Waals surface area contributed by atoms with Gasteiger partial charge in [-0.25, -0.2) is 0 Å². The smallest absolute Gasteiger partial charge is 0.238 e. The average molecular weight is 342 g/mol. The van der Waals surface area contributed by atoms with Crippen LogP contribution in [-0.2, 0) is 11.4 Å². The van der Waals surface area contributed by atoms with Gasteiger partial charge in [0.25, 0.3) is 0 Å². The molecule has 4 rings (SSSR count). The minimum atomic E-state index is -0.0336. The number of carbonyl (C=O) groups is 1. The molecular formula is C18H22N4O3. The minimum Gasteiger partial charge on any atom is -0.485 e. The SMILES string of the molecule is O=C(CNCC1CC1)Nc1ccc(OCc2noc(C3CC3)n2)cc1. The van der Waals surface area contributed by atoms with Crippen LogP contribution in [-0.4, -0.2) is 29.1 Å². The summed E-state index contributed by atoms with van der Waals surface area (Å²) >= 11 is 0. The molecule has 2 N–H and O–H groups in total. The molecule has 1 aromatic carbocycles. The fourth-order valence-electron chi connectivity index (χ4n) is 2.52. The van der Waals surface area contributed by atoms with Crippen molar-refractivity contribution < 1.29 is 14.1 Å². The lowest BCUT2D eigenvalue weighted by Crippen LogP contribution is -2.29. The molecule has 0 unspecified atom stereocenters. The average Bonchev–Trinajstić information content (AvgIpc) is 3.55. The van der Waals surface area contributed by atoms with Crippen LogP contribution in [0.25, 0.3) is 0 Å². The van der Waals surface area contributed by atoms with Gasteiger partial charge in [0.05, 0.1) is 6.54 Å². The number of anilines is 1. The molecule has 132 valence electrons. The summed E-state index contributed by atoms with van der Waals surface area (Å²) in [6.07, 6.45) is 4.82. The van der Waals surface area contributed by atoms with Crippen molar-refractivity contribution in [2.75, 3.05) is 18.4 Å². The second kappa shape index (κ2) is 7.23. The van der Waals surface area contributed by atoms with Crippen LogP contribution in [0.3, 0.4) is 0 Å². The Kier molecular flexibility index (Phi) is 4.65. The molecule has 0 bridgehead atoms. The number of benzene rings is 1. The van der Waals surface area contributed by atoms with Gasteiger partial charge in [-0.3, -0.25) is 4.79 Å². The number of hydrogen-bond acceptors (Lipinski definition) is 6. The highest BCUT2D eigenvalue weighted by molar-refractivity contribution is 5.92. The van der Waals surface area contributed by atoms with Gasteiger partial charge in [0.1, 0.15) is 5.75 Å². The van der Waals surface area contributed by atoms with Crippen molar-refractivity contribution in [1.29, 1.82) is 0 Å². The third-order valence-corrected chi connectivity index (χ3v) is 4.33. The maximum atomic E-state index is 11.8. The van der Waals surface area contributed by atoms with Gasteiger partial charge in [-0.15, -0.1) is 0 Å². The summed E-state index contributed by atoms with van der Waals surface area (Å²) in [5.41, 5.74) is 0.751. The Bertz CT molecular complexity index is 720. The Balaban J connectivity index is 1.21. The number of aromatic nitrogens is 2. The third kappa shape index (κ3) is 4.79. The molecule has 2 aliphatic rings. The first kappa shape index (κ1) is 16.1. The molecule has 1 heterocycles. The van der Waals surface area contributed by atoms with E-state index >= 15 is 0 Å². The van der Waals surface area contributed by atoms with Gasteiger partial charge >= 0.3 is 0 Å². The molecule has 1 aromatic heterocycles. The van der Waals surface area contributed by atoms with Crippen molar-refractivity contribution in [1.82, 2.24) is 15.5 Å². The van der Waals surface area contributed by atoms with E-state index in [4.69, 9.17) is 9.26 Å². The zero-order valence-corrected chi connectivity index (χ0v) is 14.0. The molecule has 1 amide bonds. The Morgan fingerprint density at radius 2 is 2.00 bits per heavy atom. The minimum absolute atomic E-state index is 0.0336. The molecule has 2 saturated carbocycles. The first-order chi connectivity index (χ1) is 12.3. The van der Waals surface area contributed by atoms with Crippen molar-refractivity contribution in [3.63, 3.8) is 0 Å². The quantitative estimate of drug-likeness (QED) is 0.728. The zero-order valence-electron chi connectivity index (χ0n) is 14.0. The Hall–Kier alpha value is -2.41. The lowest BCUT2D eigenvalue weighted by atomic mass is 10.3. The number of hydrogen-bond donors (Lipinski definition) is 2. The van der Waals surface area contributed by atoms with Gasteiger partial charge < -0.3 is 19.9 Å². The van der Waals surface area contributed by atoms with Crippen molar-refractivity contribution >= 4 is 11.6 Å². The zero-order chi connectivity index (χ0) is 17.1. The second-order valence-corrected chi connectivity index (χ2v) is 6.76. The van der Waals surface area contributed by atoms with Crippen LogP contribution < -0.4 is 15.4 Å². The fraction of sp³-hybridized carbons (Fsp3) is 0.500. The summed E-state index contributed by atoms with van der Waals surface area (Å²) in [6, 6.07) is 7.27. The molecule has 25 heavy (non-hydrogen) atoms. The lowest BCUT2D eigenvalue weighted by molar-refractivity contribution is -0.115. The number of nitrogens with zero attached hydrogens (tertiary/aromatic N) is 2. The predicted octanol–water partition coefficient (Wildman–Crippen LogP) is 2.46. The topological polar surface area (TPSA) is 89.3 Å². The molecule has 0 radical (unpaired) electrons. The van der Waals surface area contributed by atoms with Crippen LogP contribution in [0.15, 0.2) is 28.8 Å². The number of nitrogens with one attached hydrogen (secondary N) is 2. The maximum Gasteiger partial charge on any atom is 0.238 e. The van der Waals surface area contributed by atoms with Gasteiger partial charge in [0.2, 0.25) is 17.6 Å². The standard InChI is InChI=1S/C18H22N4O3/c23-17(10-19-9-12-1-2-12)20-14-5-7-15(8-6-14)24-11-16-21-18(25-22-16)13-3-4-13/h5-8,12-13,19H,1-4,9-11H2,(H,20,23). The highest BCUT2D eigenvalue weighted by Gasteiger charge is 2.29. The molecule has 2 aromatic rings. The molecule has 2 aliphatic carbocycles. The van der Waals surface area contributed by atoms with Crippen LogP contribution in [0, 0.1) is 5.92 Å². The predicted molar refractivity (Wildman–Crippen MR) is 91.3 cm³/mol. The Labute approximate surface area is 146 Å². The van der Waals surface area contributed by atoms with E-state index in [1.165, 1.54) is 12.8 Å². The van der Waals surface area contributed by atoms with Gasteiger partial charge in [-0.05, 0) is 62.4 Å². The molecule has 0 saturated heterocycles. The summed E-state index contributed by atoms with van der Waals surface area (Å²) in [5, 5.41) is 9.95. The summed E-state index contributed by atoms with van der Waals surface area (Å²) in [5.74, 6) is 3.15. The molecule has 7 heteroatoms. The number of carbonyl (C=O) groups excluding carboxylic acids is 1. The number of ether oxygens (including phenoxy) is 1. The molecule has 7 nitrogen and oxygen atoms in total. The van der Waals surface area contributed by atoms with E-state index in [2.05, 4.69) is 20.8 Å². The fourth-order valence-corrected chi connectivity index (χ4v) is 2.52. The largest absolute Gasteiger partial charge is 0.485 e. The summed E-state index contributed by atoms with van der Waals surface area (Å²) in [6.45, 7) is 1.54. The van der Waals surface area contributed by atoms with E-state index < -0.39 is 0 Å². The summed E-state index contributed by atoms with van der Waals surface area (Å²) < 4.78 is 10.8. The van der Waals surface area contributed by atoms with Gasteiger partial charge in [0.15, 0.2) is 6.61 Å². The van der Waals surface area contributed by atoms with E-state index in [1.807, 2.05) is 24.3 Å². The summed E-state index contributed by atoms with van der Waals surface area (Å²) in [4.78, 5) is 16.2. The summed E-state index contributed by atoms with van der Waals surface area (Å²) in [7, 11) is 0. The first-order valence-electron chi connectivity index (χ1n) is 8.82.